The van der Waals surface area contributed by atoms with Gasteiger partial charge in [0.2, 0.25) is 5.91 Å². The summed E-state index contributed by atoms with van der Waals surface area (Å²) in [4.78, 5) is 30.0. The van der Waals surface area contributed by atoms with Crippen LogP contribution in [0.3, 0.4) is 0 Å². The average Bonchev–Trinajstić information content (AvgIpc) is 2.41. The predicted octanol–water partition coefficient (Wildman–Crippen LogP) is 2.48. The van der Waals surface area contributed by atoms with Crippen molar-refractivity contribution >= 4 is 23.4 Å². The van der Waals surface area contributed by atoms with Gasteiger partial charge >= 0.3 is 0 Å². The van der Waals surface area contributed by atoms with E-state index in [1.165, 1.54) is 12.1 Å². The maximum Gasteiger partial charge on any atom is 0.251 e. The quantitative estimate of drug-likeness (QED) is 0.669. The largest absolute Gasteiger partial charge is 0.325 e. The van der Waals surface area contributed by atoms with E-state index in [9.17, 15) is 18.4 Å². The molecule has 2 rings (SSSR count). The van der Waals surface area contributed by atoms with Crippen molar-refractivity contribution < 1.29 is 13.6 Å². The number of H-pyrrole nitrogens is 1. The van der Waals surface area contributed by atoms with Crippen LogP contribution < -0.4 is 10.9 Å². The van der Waals surface area contributed by atoms with Crippen LogP contribution in [-0.4, -0.2) is 21.1 Å². The molecule has 0 saturated carbocycles. The van der Waals surface area contributed by atoms with Crippen molar-refractivity contribution in [3.8, 4) is 0 Å². The van der Waals surface area contributed by atoms with Crippen molar-refractivity contribution in [2.24, 2.45) is 0 Å². The van der Waals surface area contributed by atoms with Gasteiger partial charge in [-0.3, -0.25) is 9.59 Å². The Hall–Kier alpha value is -2.22. The van der Waals surface area contributed by atoms with Gasteiger partial charge in [0.05, 0.1) is 5.25 Å². The van der Waals surface area contributed by atoms with Gasteiger partial charge in [-0.2, -0.15) is 0 Å². The zero-order valence-corrected chi connectivity index (χ0v) is 12.6. The molecule has 0 radical (unpaired) electrons. The van der Waals surface area contributed by atoms with Gasteiger partial charge in [0, 0.05) is 23.5 Å². The van der Waals surface area contributed by atoms with E-state index < -0.39 is 22.8 Å². The first-order valence-corrected chi connectivity index (χ1v) is 7.23. The lowest BCUT2D eigenvalue weighted by atomic mass is 10.3. The normalized spacial score (nSPS) is 12.0. The number of nitrogens with one attached hydrogen (secondary N) is 2. The van der Waals surface area contributed by atoms with Gasteiger partial charge in [0.15, 0.2) is 16.8 Å². The molecule has 1 aromatic carbocycles. The molecule has 22 heavy (non-hydrogen) atoms. The number of aromatic amines is 1. The van der Waals surface area contributed by atoms with Crippen LogP contribution in [0.1, 0.15) is 12.6 Å². The summed E-state index contributed by atoms with van der Waals surface area (Å²) in [6.07, 6.45) is 0. The highest BCUT2D eigenvalue weighted by atomic mass is 32.2. The van der Waals surface area contributed by atoms with Gasteiger partial charge < -0.3 is 10.3 Å². The van der Waals surface area contributed by atoms with E-state index in [0.29, 0.717) is 10.9 Å². The van der Waals surface area contributed by atoms with E-state index >= 15 is 0 Å². The number of halogens is 2. The fourth-order valence-corrected chi connectivity index (χ4v) is 2.50. The molecule has 116 valence electrons. The van der Waals surface area contributed by atoms with E-state index in [1.807, 2.05) is 0 Å². The molecule has 8 heteroatoms. The molecule has 0 fully saturated rings. The highest BCUT2D eigenvalue weighted by Gasteiger charge is 2.16. The molecule has 2 N–H and O–H groups in total. The Morgan fingerprint density at radius 1 is 1.32 bits per heavy atom. The molecule has 1 unspecified atom stereocenters. The second kappa shape index (κ2) is 6.69. The van der Waals surface area contributed by atoms with E-state index in [4.69, 9.17) is 0 Å². The summed E-state index contributed by atoms with van der Waals surface area (Å²) < 4.78 is 25.9. The summed E-state index contributed by atoms with van der Waals surface area (Å²) in [5.41, 5.74) is 0.393. The lowest BCUT2D eigenvalue weighted by molar-refractivity contribution is -0.115. The fraction of sp³-hybridized carbons (Fsp3) is 0.214. The minimum absolute atomic E-state index is 0.155. The van der Waals surface area contributed by atoms with Crippen molar-refractivity contribution in [3.63, 3.8) is 0 Å². The van der Waals surface area contributed by atoms with Crippen LogP contribution in [0, 0.1) is 18.6 Å². The van der Waals surface area contributed by atoms with Crippen molar-refractivity contribution in [2.75, 3.05) is 5.32 Å². The number of carbonyl (C=O) groups excluding carboxylic acids is 1. The maximum absolute atomic E-state index is 13.1. The minimum atomic E-state index is -1.04. The Morgan fingerprint density at radius 3 is 2.68 bits per heavy atom. The van der Waals surface area contributed by atoms with Crippen LogP contribution in [0.15, 0.2) is 34.2 Å². The lowest BCUT2D eigenvalue weighted by Crippen LogP contribution is -2.23. The van der Waals surface area contributed by atoms with Crippen molar-refractivity contribution in [3.05, 3.63) is 51.9 Å². The number of hydrogen-bond acceptors (Lipinski definition) is 4. The Morgan fingerprint density at radius 2 is 2.05 bits per heavy atom. The van der Waals surface area contributed by atoms with E-state index in [1.54, 1.807) is 13.8 Å². The van der Waals surface area contributed by atoms with Gasteiger partial charge in [0.25, 0.3) is 5.56 Å². The second-order valence-electron chi connectivity index (χ2n) is 4.57. The van der Waals surface area contributed by atoms with Crippen molar-refractivity contribution in [1.82, 2.24) is 9.97 Å². The lowest BCUT2D eigenvalue weighted by Gasteiger charge is -2.11. The van der Waals surface area contributed by atoms with Crippen molar-refractivity contribution in [1.29, 1.82) is 0 Å². The first kappa shape index (κ1) is 16.2. The van der Waals surface area contributed by atoms with Crippen LogP contribution >= 0.6 is 11.8 Å². The third kappa shape index (κ3) is 4.14. The number of benzene rings is 1. The van der Waals surface area contributed by atoms with Gasteiger partial charge in [-0.25, -0.2) is 13.8 Å². The number of aromatic nitrogens is 2. The van der Waals surface area contributed by atoms with Gasteiger partial charge in [-0.1, -0.05) is 11.8 Å². The molecule has 0 aliphatic carbocycles. The van der Waals surface area contributed by atoms with E-state index in [-0.39, 0.29) is 11.2 Å². The van der Waals surface area contributed by atoms with Gasteiger partial charge in [0.1, 0.15) is 0 Å². The molecule has 1 amide bonds. The van der Waals surface area contributed by atoms with E-state index in [2.05, 4.69) is 15.3 Å². The van der Waals surface area contributed by atoms with Crippen LogP contribution in [0.4, 0.5) is 14.5 Å². The molecule has 0 aliphatic heterocycles. The molecule has 5 nitrogen and oxygen atoms in total. The summed E-state index contributed by atoms with van der Waals surface area (Å²) in [7, 11) is 0. The molecule has 1 aromatic heterocycles. The first-order valence-electron chi connectivity index (χ1n) is 6.35. The summed E-state index contributed by atoms with van der Waals surface area (Å²) >= 11 is 1.06. The van der Waals surface area contributed by atoms with Crippen molar-refractivity contribution in [2.45, 2.75) is 24.3 Å². The molecular formula is C14H13F2N3O2S. The highest BCUT2D eigenvalue weighted by molar-refractivity contribution is 8.00. The summed E-state index contributed by atoms with van der Waals surface area (Å²) in [6.45, 7) is 3.29. The number of carbonyl (C=O) groups is 1. The zero-order chi connectivity index (χ0) is 16.3. The van der Waals surface area contributed by atoms with Crippen LogP contribution in [0.25, 0.3) is 0 Å². The smallest absolute Gasteiger partial charge is 0.251 e. The number of rotatable bonds is 4. The predicted molar refractivity (Wildman–Crippen MR) is 79.9 cm³/mol. The topological polar surface area (TPSA) is 74.8 Å². The SMILES string of the molecule is Cc1cc(=O)[nH]c(SC(C)C(=O)Nc2ccc(F)c(F)c2)n1. The molecule has 1 atom stereocenters. The van der Waals surface area contributed by atoms with Crippen LogP contribution in [0.2, 0.25) is 0 Å². The molecule has 1 heterocycles. The summed E-state index contributed by atoms with van der Waals surface area (Å²) in [5.74, 6) is -2.44. The van der Waals surface area contributed by atoms with E-state index in [0.717, 1.165) is 23.9 Å². The summed E-state index contributed by atoms with van der Waals surface area (Å²) in [5, 5.41) is 2.21. The number of anilines is 1. The number of amides is 1. The fourth-order valence-electron chi connectivity index (χ4n) is 1.65. The molecule has 0 saturated heterocycles. The average molecular weight is 325 g/mol. The Balaban J connectivity index is 2.05. The Bertz CT molecular complexity index is 764. The third-order valence-electron chi connectivity index (χ3n) is 2.69. The first-order chi connectivity index (χ1) is 10.3. The zero-order valence-electron chi connectivity index (χ0n) is 11.8. The number of aryl methyl sites for hydroxylation is 1. The molecular weight excluding hydrogens is 312 g/mol. The highest BCUT2D eigenvalue weighted by Crippen LogP contribution is 2.20. The Labute approximate surface area is 129 Å². The van der Waals surface area contributed by atoms with Gasteiger partial charge in [-0.05, 0) is 26.0 Å². The second-order valence-corrected chi connectivity index (χ2v) is 5.90. The minimum Gasteiger partial charge on any atom is -0.325 e. The number of thioether (sulfide) groups is 1. The van der Waals surface area contributed by atoms with Crippen LogP contribution in [-0.2, 0) is 4.79 Å². The standard InChI is InChI=1S/C14H13F2N3O2S/c1-7-5-12(20)19-14(17-7)22-8(2)13(21)18-9-3-4-10(15)11(16)6-9/h3-6,8H,1-2H3,(H,18,21)(H,17,19,20). The molecule has 2 aromatic rings. The maximum atomic E-state index is 13.1. The van der Waals surface area contributed by atoms with Gasteiger partial charge in [-0.15, -0.1) is 0 Å². The monoisotopic (exact) mass is 325 g/mol. The Kier molecular flexibility index (Phi) is 4.92. The number of nitrogens with zero attached hydrogens (tertiary/aromatic N) is 1. The number of hydrogen-bond donors (Lipinski definition) is 2. The molecule has 0 bridgehead atoms. The molecule has 0 aliphatic rings. The van der Waals surface area contributed by atoms with Crippen LogP contribution in [0.5, 0.6) is 0 Å². The molecule has 0 spiro atoms. The third-order valence-corrected chi connectivity index (χ3v) is 3.68. The summed E-state index contributed by atoms with van der Waals surface area (Å²) in [6, 6.07) is 4.44.